The van der Waals surface area contributed by atoms with Gasteiger partial charge in [-0.2, -0.15) is 0 Å². The van der Waals surface area contributed by atoms with Gasteiger partial charge < -0.3 is 9.47 Å². The number of rotatable bonds is 11. The molecule has 0 saturated heterocycles. The number of nitrogens with zero attached hydrogens (tertiary/aromatic N) is 3. The monoisotopic (exact) mass is 519 g/mol. The number of hydrogen-bond donors (Lipinski definition) is 0. The molecule has 9 nitrogen and oxygen atoms in total. The Bertz CT molecular complexity index is 1250. The molecule has 38 heavy (non-hydrogen) atoms. The fourth-order valence-corrected chi connectivity index (χ4v) is 4.72. The minimum Gasteiger partial charge on any atom is -0.465 e. The summed E-state index contributed by atoms with van der Waals surface area (Å²) in [7, 11) is 1.94. The third kappa shape index (κ3) is 6.72. The number of non-ortho nitro benzene ring substituents is 1. The van der Waals surface area contributed by atoms with Gasteiger partial charge in [0.05, 0.1) is 17.1 Å². The lowest BCUT2D eigenvalue weighted by Crippen LogP contribution is -2.37. The molecule has 0 aromatic heterocycles. The third-order valence-corrected chi connectivity index (χ3v) is 6.90. The number of nitro benzene ring substituents is 1. The van der Waals surface area contributed by atoms with Crippen molar-refractivity contribution in [3.8, 4) is 0 Å². The van der Waals surface area contributed by atoms with Crippen LogP contribution < -0.4 is 0 Å². The maximum atomic E-state index is 13.4. The fourth-order valence-electron chi connectivity index (χ4n) is 4.72. The summed E-state index contributed by atoms with van der Waals surface area (Å²) in [5, 5.41) is 11.5. The molecule has 2 atom stereocenters. The minimum absolute atomic E-state index is 0.124. The highest BCUT2D eigenvalue weighted by atomic mass is 16.6. The van der Waals surface area contributed by atoms with E-state index >= 15 is 0 Å². The molecule has 2 aromatic rings. The molecule has 1 fully saturated rings. The van der Waals surface area contributed by atoms with Crippen LogP contribution in [-0.4, -0.2) is 54.3 Å². The van der Waals surface area contributed by atoms with E-state index in [0.29, 0.717) is 42.6 Å². The van der Waals surface area contributed by atoms with Crippen molar-refractivity contribution in [1.82, 2.24) is 4.90 Å². The average molecular weight is 520 g/mol. The van der Waals surface area contributed by atoms with Crippen molar-refractivity contribution in [1.29, 1.82) is 0 Å². The number of ether oxygens (including phenoxy) is 2. The first-order valence-corrected chi connectivity index (χ1v) is 12.8. The smallest absolute Gasteiger partial charge is 0.336 e. The standard InChI is InChI=1S/C29H33N3O6/c1-19-25(28(33)37-15-14-31(3)17-21-8-5-4-6-9-21)27(23-10-7-11-24(16-23)32(35)36)26(20(2)30-19)29(34)38-18-22-12-13-22/h4-11,16,22,26-27H,12-15,17-18H2,1-3H3. The number of carbonyl (C=O) groups is 2. The molecule has 1 aliphatic carbocycles. The summed E-state index contributed by atoms with van der Waals surface area (Å²) in [4.78, 5) is 44.3. The van der Waals surface area contributed by atoms with Crippen molar-refractivity contribution < 1.29 is 24.0 Å². The highest BCUT2D eigenvalue weighted by Crippen LogP contribution is 2.41. The van der Waals surface area contributed by atoms with Gasteiger partial charge in [-0.1, -0.05) is 42.5 Å². The molecule has 1 saturated carbocycles. The van der Waals surface area contributed by atoms with E-state index in [-0.39, 0.29) is 17.9 Å². The number of carbonyl (C=O) groups excluding carboxylic acids is 2. The maximum absolute atomic E-state index is 13.4. The number of nitro groups is 1. The largest absolute Gasteiger partial charge is 0.465 e. The van der Waals surface area contributed by atoms with Crippen molar-refractivity contribution in [2.45, 2.75) is 39.2 Å². The second-order valence-electron chi connectivity index (χ2n) is 9.99. The van der Waals surface area contributed by atoms with Gasteiger partial charge in [0.25, 0.3) is 5.69 Å². The summed E-state index contributed by atoms with van der Waals surface area (Å²) in [5.74, 6) is -2.42. The maximum Gasteiger partial charge on any atom is 0.336 e. The molecule has 0 bridgehead atoms. The molecule has 0 radical (unpaired) electrons. The number of esters is 2. The quantitative estimate of drug-likeness (QED) is 0.241. The van der Waals surface area contributed by atoms with Crippen LogP contribution in [0.1, 0.15) is 43.7 Å². The van der Waals surface area contributed by atoms with Crippen LogP contribution in [0, 0.1) is 22.0 Å². The highest BCUT2D eigenvalue weighted by molar-refractivity contribution is 6.07. The highest BCUT2D eigenvalue weighted by Gasteiger charge is 2.43. The van der Waals surface area contributed by atoms with Gasteiger partial charge in [0, 0.05) is 42.5 Å². The Morgan fingerprint density at radius 1 is 1.08 bits per heavy atom. The van der Waals surface area contributed by atoms with Gasteiger partial charge in [-0.05, 0) is 50.8 Å². The summed E-state index contributed by atoms with van der Waals surface area (Å²) in [6, 6.07) is 16.0. The van der Waals surface area contributed by atoms with E-state index in [1.807, 2.05) is 42.3 Å². The summed E-state index contributed by atoms with van der Waals surface area (Å²) in [6.45, 7) is 5.08. The van der Waals surface area contributed by atoms with Gasteiger partial charge in [0.1, 0.15) is 12.5 Å². The van der Waals surface area contributed by atoms with Crippen LogP contribution >= 0.6 is 0 Å². The first-order valence-electron chi connectivity index (χ1n) is 12.8. The van der Waals surface area contributed by atoms with Crippen LogP contribution in [0.25, 0.3) is 0 Å². The van der Waals surface area contributed by atoms with E-state index in [1.165, 1.54) is 12.1 Å². The predicted octanol–water partition coefficient (Wildman–Crippen LogP) is 4.67. The molecule has 2 aromatic carbocycles. The molecule has 1 heterocycles. The normalized spacial score (nSPS) is 19.2. The molecule has 0 spiro atoms. The number of benzene rings is 2. The van der Waals surface area contributed by atoms with Crippen molar-refractivity contribution in [2.24, 2.45) is 16.8 Å². The zero-order valence-corrected chi connectivity index (χ0v) is 22.0. The molecule has 2 aliphatic rings. The van der Waals surface area contributed by atoms with Crippen LogP contribution in [0.2, 0.25) is 0 Å². The Balaban J connectivity index is 1.55. The van der Waals surface area contributed by atoms with Crippen molar-refractivity contribution >= 4 is 23.3 Å². The molecule has 2 unspecified atom stereocenters. The summed E-state index contributed by atoms with van der Waals surface area (Å²) < 4.78 is 11.3. The van der Waals surface area contributed by atoms with E-state index in [4.69, 9.17) is 9.47 Å². The lowest BCUT2D eigenvalue weighted by Gasteiger charge is -2.31. The number of hydrogen-bond acceptors (Lipinski definition) is 8. The average Bonchev–Trinajstić information content (AvgIpc) is 3.72. The molecular weight excluding hydrogens is 486 g/mol. The zero-order chi connectivity index (χ0) is 27.2. The van der Waals surface area contributed by atoms with Gasteiger partial charge in [-0.3, -0.25) is 24.8 Å². The first kappa shape index (κ1) is 27.2. The topological polar surface area (TPSA) is 111 Å². The van der Waals surface area contributed by atoms with Crippen LogP contribution in [0.5, 0.6) is 0 Å². The van der Waals surface area contributed by atoms with Crippen molar-refractivity contribution in [2.75, 3.05) is 26.8 Å². The predicted molar refractivity (Wildman–Crippen MR) is 143 cm³/mol. The van der Waals surface area contributed by atoms with Crippen molar-refractivity contribution in [3.63, 3.8) is 0 Å². The van der Waals surface area contributed by atoms with Crippen molar-refractivity contribution in [3.05, 3.63) is 87.1 Å². The van der Waals surface area contributed by atoms with E-state index in [1.54, 1.807) is 26.0 Å². The first-order chi connectivity index (χ1) is 18.2. The van der Waals surface area contributed by atoms with Gasteiger partial charge in [0.15, 0.2) is 0 Å². The van der Waals surface area contributed by atoms with Gasteiger partial charge in [-0.15, -0.1) is 0 Å². The van der Waals surface area contributed by atoms with Gasteiger partial charge in [0.2, 0.25) is 0 Å². The summed E-state index contributed by atoms with van der Waals surface area (Å²) in [5.41, 5.74) is 2.63. The van der Waals surface area contributed by atoms with Crippen LogP contribution in [0.4, 0.5) is 5.69 Å². The second kappa shape index (κ2) is 12.1. The second-order valence-corrected chi connectivity index (χ2v) is 9.99. The Morgan fingerprint density at radius 2 is 1.82 bits per heavy atom. The summed E-state index contributed by atoms with van der Waals surface area (Å²) >= 11 is 0. The molecule has 4 rings (SSSR count). The molecule has 1 aliphatic heterocycles. The molecule has 0 N–H and O–H groups in total. The molecule has 9 heteroatoms. The molecular formula is C29H33N3O6. The lowest BCUT2D eigenvalue weighted by atomic mass is 9.75. The van der Waals surface area contributed by atoms with Crippen LogP contribution in [0.15, 0.2) is 70.9 Å². The minimum atomic E-state index is -0.886. The fraction of sp³-hybridized carbons (Fsp3) is 0.414. The number of likely N-dealkylation sites (N-methyl/N-ethyl adjacent to an activating group) is 1. The molecule has 0 amide bonds. The van der Waals surface area contributed by atoms with Crippen LogP contribution in [-0.2, 0) is 25.6 Å². The Hall–Kier alpha value is -3.85. The zero-order valence-electron chi connectivity index (χ0n) is 22.0. The summed E-state index contributed by atoms with van der Waals surface area (Å²) in [6.07, 6.45) is 2.04. The molecule has 200 valence electrons. The Morgan fingerprint density at radius 3 is 2.50 bits per heavy atom. The number of aliphatic imine (C=N–C) groups is 1. The van der Waals surface area contributed by atoms with E-state index in [0.717, 1.165) is 18.4 Å². The Kier molecular flexibility index (Phi) is 8.68. The van der Waals surface area contributed by atoms with E-state index in [2.05, 4.69) is 4.99 Å². The van der Waals surface area contributed by atoms with E-state index < -0.39 is 28.7 Å². The van der Waals surface area contributed by atoms with E-state index in [9.17, 15) is 19.7 Å². The lowest BCUT2D eigenvalue weighted by molar-refractivity contribution is -0.384. The SMILES string of the molecule is CC1=NC(C)=C(C(=O)OCCN(C)Cc2ccccc2)C(c2cccc([N+](=O)[O-])c2)C1C(=O)OCC1CC1. The van der Waals surface area contributed by atoms with Crippen LogP contribution in [0.3, 0.4) is 0 Å². The third-order valence-electron chi connectivity index (χ3n) is 6.90. The number of allylic oxidation sites excluding steroid dienone is 1. The van der Waals surface area contributed by atoms with Gasteiger partial charge in [-0.25, -0.2) is 4.79 Å². The van der Waals surface area contributed by atoms with Gasteiger partial charge >= 0.3 is 11.9 Å². The Labute approximate surface area is 222 Å².